The Kier molecular flexibility index (Phi) is 4.52. The molecule has 2 N–H and O–H groups in total. The highest BCUT2D eigenvalue weighted by atomic mass is 79.9. The van der Waals surface area contributed by atoms with E-state index in [2.05, 4.69) is 46.5 Å². The third-order valence-corrected chi connectivity index (χ3v) is 6.11. The molecule has 2 nitrogen and oxygen atoms in total. The zero-order valence-electron chi connectivity index (χ0n) is 11.1. The zero-order chi connectivity index (χ0) is 13.2. The third kappa shape index (κ3) is 3.16. The van der Waals surface area contributed by atoms with E-state index in [1.807, 2.05) is 0 Å². The van der Waals surface area contributed by atoms with Crippen LogP contribution in [0, 0.1) is 5.41 Å². The normalized spacial score (nSPS) is 18.7. The van der Waals surface area contributed by atoms with Gasteiger partial charge in [-0.05, 0) is 34.8 Å². The Morgan fingerprint density at radius 2 is 2.22 bits per heavy atom. The van der Waals surface area contributed by atoms with E-state index < -0.39 is 0 Å². The van der Waals surface area contributed by atoms with Gasteiger partial charge in [-0.1, -0.05) is 20.3 Å². The Bertz CT molecular complexity index is 393. The summed E-state index contributed by atoms with van der Waals surface area (Å²) >= 11 is 5.32. The lowest BCUT2D eigenvalue weighted by molar-refractivity contribution is 0.0438. The van der Waals surface area contributed by atoms with Gasteiger partial charge in [0.2, 0.25) is 0 Å². The highest BCUT2D eigenvalue weighted by Gasteiger charge is 2.36. The summed E-state index contributed by atoms with van der Waals surface area (Å²) in [6, 6.07) is 2.21. The number of rotatable bonds is 6. The number of aliphatic hydroxyl groups is 1. The molecule has 18 heavy (non-hydrogen) atoms. The molecule has 1 aliphatic rings. The van der Waals surface area contributed by atoms with Crippen LogP contribution in [0.15, 0.2) is 15.9 Å². The summed E-state index contributed by atoms with van der Waals surface area (Å²) in [5.74, 6) is 0. The molecule has 0 aromatic carbocycles. The van der Waals surface area contributed by atoms with Crippen LogP contribution in [0.1, 0.15) is 38.0 Å². The fourth-order valence-corrected chi connectivity index (χ4v) is 4.02. The van der Waals surface area contributed by atoms with E-state index in [1.165, 1.54) is 28.6 Å². The zero-order valence-corrected chi connectivity index (χ0v) is 13.5. The molecule has 1 aromatic rings. The average molecular weight is 332 g/mol. The minimum absolute atomic E-state index is 0.150. The van der Waals surface area contributed by atoms with Gasteiger partial charge in [-0.2, -0.15) is 0 Å². The molecule has 1 heterocycles. The quantitative estimate of drug-likeness (QED) is 0.835. The van der Waals surface area contributed by atoms with E-state index in [1.54, 1.807) is 11.3 Å². The van der Waals surface area contributed by atoms with Crippen molar-refractivity contribution in [1.29, 1.82) is 0 Å². The molecule has 0 saturated heterocycles. The van der Waals surface area contributed by atoms with Gasteiger partial charge in [-0.25, -0.2) is 0 Å². The van der Waals surface area contributed by atoms with Crippen molar-refractivity contribution in [3.63, 3.8) is 0 Å². The molecule has 1 aromatic heterocycles. The standard InChI is InChI=1S/C14H22BrNOS/c1-13(2,12-6-11(15)7-18-12)8-16-9-14(10-17)4-3-5-14/h6-7,16-17H,3-5,8-10H2,1-2H3. The first-order valence-corrected chi connectivity index (χ1v) is 8.21. The summed E-state index contributed by atoms with van der Waals surface area (Å²) in [5, 5.41) is 15.1. The van der Waals surface area contributed by atoms with Gasteiger partial charge in [0.05, 0.1) is 0 Å². The van der Waals surface area contributed by atoms with Crippen molar-refractivity contribution in [3.05, 3.63) is 20.8 Å². The van der Waals surface area contributed by atoms with Gasteiger partial charge >= 0.3 is 0 Å². The van der Waals surface area contributed by atoms with Crippen LogP contribution >= 0.6 is 27.3 Å². The fourth-order valence-electron chi connectivity index (χ4n) is 2.46. The number of thiophene rings is 1. The van der Waals surface area contributed by atoms with Gasteiger partial charge in [-0.3, -0.25) is 0 Å². The molecule has 2 rings (SSSR count). The minimum atomic E-state index is 0.150. The second kappa shape index (κ2) is 5.61. The fraction of sp³-hybridized carbons (Fsp3) is 0.714. The maximum absolute atomic E-state index is 9.44. The Labute approximate surface area is 122 Å². The smallest absolute Gasteiger partial charge is 0.0499 e. The highest BCUT2D eigenvalue weighted by molar-refractivity contribution is 9.10. The van der Waals surface area contributed by atoms with Crippen LogP contribution in [0.25, 0.3) is 0 Å². The average Bonchev–Trinajstić information content (AvgIpc) is 2.70. The summed E-state index contributed by atoms with van der Waals surface area (Å²) in [6.45, 7) is 6.77. The Hall–Kier alpha value is 0.1000. The molecule has 1 fully saturated rings. The molecule has 4 heteroatoms. The van der Waals surface area contributed by atoms with Gasteiger partial charge in [0.1, 0.15) is 0 Å². The van der Waals surface area contributed by atoms with Crippen LogP contribution in [0.2, 0.25) is 0 Å². The Morgan fingerprint density at radius 3 is 2.67 bits per heavy atom. The SMILES string of the molecule is CC(C)(CNCC1(CO)CCC1)c1cc(Br)cs1. The molecule has 102 valence electrons. The monoisotopic (exact) mass is 331 g/mol. The van der Waals surface area contributed by atoms with Gasteiger partial charge in [0.15, 0.2) is 0 Å². The van der Waals surface area contributed by atoms with Gasteiger partial charge < -0.3 is 10.4 Å². The Balaban J connectivity index is 1.85. The summed E-state index contributed by atoms with van der Waals surface area (Å²) in [7, 11) is 0. The predicted molar refractivity (Wildman–Crippen MR) is 81.3 cm³/mol. The minimum Gasteiger partial charge on any atom is -0.396 e. The van der Waals surface area contributed by atoms with Crippen LogP contribution in [0.4, 0.5) is 0 Å². The number of halogens is 1. The molecule has 1 aliphatic carbocycles. The second-order valence-corrected chi connectivity index (χ2v) is 7.96. The number of nitrogens with one attached hydrogen (secondary N) is 1. The lowest BCUT2D eigenvalue weighted by Crippen LogP contribution is -2.45. The molecular formula is C14H22BrNOS. The van der Waals surface area contributed by atoms with Crippen molar-refractivity contribution in [2.75, 3.05) is 19.7 Å². The maximum Gasteiger partial charge on any atom is 0.0499 e. The van der Waals surface area contributed by atoms with Crippen LogP contribution in [-0.2, 0) is 5.41 Å². The first-order valence-electron chi connectivity index (χ1n) is 6.54. The number of hydrogen-bond acceptors (Lipinski definition) is 3. The summed E-state index contributed by atoms with van der Waals surface area (Å²) in [4.78, 5) is 1.40. The predicted octanol–water partition coefficient (Wildman–Crippen LogP) is 3.54. The lowest BCUT2D eigenvalue weighted by atomic mass is 9.69. The molecule has 0 bridgehead atoms. The molecule has 0 radical (unpaired) electrons. The van der Waals surface area contributed by atoms with Gasteiger partial charge in [0, 0.05) is 45.3 Å². The van der Waals surface area contributed by atoms with Crippen molar-refractivity contribution >= 4 is 27.3 Å². The summed E-state index contributed by atoms with van der Waals surface area (Å²) in [5.41, 5.74) is 0.323. The van der Waals surface area contributed by atoms with Crippen LogP contribution in [0.3, 0.4) is 0 Å². The molecular weight excluding hydrogens is 310 g/mol. The summed E-state index contributed by atoms with van der Waals surface area (Å²) < 4.78 is 1.17. The topological polar surface area (TPSA) is 32.3 Å². The molecule has 0 spiro atoms. The van der Waals surface area contributed by atoms with E-state index in [-0.39, 0.29) is 10.8 Å². The first-order chi connectivity index (χ1) is 8.47. The van der Waals surface area contributed by atoms with E-state index in [4.69, 9.17) is 0 Å². The van der Waals surface area contributed by atoms with Crippen molar-refractivity contribution < 1.29 is 5.11 Å². The van der Waals surface area contributed by atoms with E-state index >= 15 is 0 Å². The van der Waals surface area contributed by atoms with Crippen molar-refractivity contribution in [2.45, 2.75) is 38.5 Å². The maximum atomic E-state index is 9.44. The van der Waals surface area contributed by atoms with E-state index in [9.17, 15) is 5.11 Å². The van der Waals surface area contributed by atoms with E-state index in [0.29, 0.717) is 6.61 Å². The van der Waals surface area contributed by atoms with Crippen molar-refractivity contribution in [3.8, 4) is 0 Å². The summed E-state index contributed by atoms with van der Waals surface area (Å²) in [6.07, 6.45) is 3.60. The Morgan fingerprint density at radius 1 is 1.50 bits per heavy atom. The molecule has 1 saturated carbocycles. The van der Waals surface area contributed by atoms with Crippen molar-refractivity contribution in [2.24, 2.45) is 5.41 Å². The van der Waals surface area contributed by atoms with Crippen LogP contribution in [0.5, 0.6) is 0 Å². The van der Waals surface area contributed by atoms with Crippen molar-refractivity contribution in [1.82, 2.24) is 5.32 Å². The van der Waals surface area contributed by atoms with Crippen LogP contribution in [-0.4, -0.2) is 24.8 Å². The molecule has 0 amide bonds. The second-order valence-electron chi connectivity index (χ2n) is 6.13. The third-order valence-electron chi connectivity index (χ3n) is 4.05. The largest absolute Gasteiger partial charge is 0.396 e. The lowest BCUT2D eigenvalue weighted by Gasteiger charge is -2.41. The highest BCUT2D eigenvalue weighted by Crippen LogP contribution is 2.40. The molecule has 0 unspecified atom stereocenters. The first kappa shape index (κ1) is 14.5. The number of aliphatic hydroxyl groups excluding tert-OH is 1. The molecule has 0 aliphatic heterocycles. The van der Waals surface area contributed by atoms with E-state index in [0.717, 1.165) is 13.1 Å². The van der Waals surface area contributed by atoms with Gasteiger partial charge in [0.25, 0.3) is 0 Å². The van der Waals surface area contributed by atoms with Crippen LogP contribution < -0.4 is 5.32 Å². The molecule has 0 atom stereocenters. The van der Waals surface area contributed by atoms with Gasteiger partial charge in [-0.15, -0.1) is 11.3 Å². The number of hydrogen-bond donors (Lipinski definition) is 2.